The third-order valence-corrected chi connectivity index (χ3v) is 3.42. The summed E-state index contributed by atoms with van der Waals surface area (Å²) < 4.78 is 42.6. The monoisotopic (exact) mass is 267 g/mol. The van der Waals surface area contributed by atoms with Crippen molar-refractivity contribution in [2.24, 2.45) is 17.6 Å². The van der Waals surface area contributed by atoms with Crippen LogP contribution >= 0.6 is 0 Å². The molecule has 0 aromatic carbocycles. The summed E-state index contributed by atoms with van der Waals surface area (Å²) in [4.78, 5) is 11.5. The quantitative estimate of drug-likeness (QED) is 0.782. The number of rotatable bonds is 2. The van der Waals surface area contributed by atoms with Crippen molar-refractivity contribution in [2.45, 2.75) is 57.9 Å². The lowest BCUT2D eigenvalue weighted by Crippen LogP contribution is -2.58. The summed E-state index contributed by atoms with van der Waals surface area (Å²) in [6.45, 7) is 4.65. The van der Waals surface area contributed by atoms with Crippen molar-refractivity contribution >= 4 is 5.97 Å². The van der Waals surface area contributed by atoms with Crippen LogP contribution in [0.15, 0.2) is 0 Å². The molecule has 18 heavy (non-hydrogen) atoms. The van der Waals surface area contributed by atoms with Crippen molar-refractivity contribution in [3.05, 3.63) is 0 Å². The Morgan fingerprint density at radius 1 is 1.17 bits per heavy atom. The molecule has 106 valence electrons. The normalized spacial score (nSPS) is 32.7. The Hall–Kier alpha value is -0.780. The van der Waals surface area contributed by atoms with Gasteiger partial charge >= 0.3 is 12.1 Å². The number of alkyl halides is 3. The lowest BCUT2D eigenvalue weighted by atomic mass is 9.81. The van der Waals surface area contributed by atoms with Gasteiger partial charge in [0.15, 0.2) is 0 Å². The minimum Gasteiger partial charge on any atom is -0.461 e. The minimum atomic E-state index is -4.80. The Bertz CT molecular complexity index is 305. The maximum absolute atomic E-state index is 12.6. The van der Waals surface area contributed by atoms with Gasteiger partial charge in [-0.3, -0.25) is 0 Å². The van der Waals surface area contributed by atoms with E-state index in [4.69, 9.17) is 10.5 Å². The highest BCUT2D eigenvalue weighted by molar-refractivity contribution is 5.81. The van der Waals surface area contributed by atoms with Crippen LogP contribution in [0.1, 0.15) is 40.0 Å². The number of carbonyl (C=O) groups excluding carboxylic acids is 1. The first-order valence-electron chi connectivity index (χ1n) is 6.10. The van der Waals surface area contributed by atoms with Crippen LogP contribution < -0.4 is 5.73 Å². The van der Waals surface area contributed by atoms with Crippen molar-refractivity contribution in [3.8, 4) is 0 Å². The van der Waals surface area contributed by atoms with Crippen molar-refractivity contribution in [3.63, 3.8) is 0 Å². The second-order valence-corrected chi connectivity index (χ2v) is 5.64. The van der Waals surface area contributed by atoms with Crippen LogP contribution in [0.5, 0.6) is 0 Å². The van der Waals surface area contributed by atoms with Gasteiger partial charge in [-0.25, -0.2) is 4.79 Å². The molecule has 1 fully saturated rings. The van der Waals surface area contributed by atoms with Crippen molar-refractivity contribution in [1.29, 1.82) is 0 Å². The van der Waals surface area contributed by atoms with Gasteiger partial charge in [-0.15, -0.1) is 0 Å². The van der Waals surface area contributed by atoms with E-state index in [1.54, 1.807) is 0 Å². The van der Waals surface area contributed by atoms with E-state index >= 15 is 0 Å². The van der Waals surface area contributed by atoms with Gasteiger partial charge in [0.25, 0.3) is 0 Å². The molecule has 3 unspecified atom stereocenters. The fraction of sp³-hybridized carbons (Fsp3) is 0.917. The molecule has 0 saturated heterocycles. The summed E-state index contributed by atoms with van der Waals surface area (Å²) in [5, 5.41) is 0. The second kappa shape index (κ2) is 5.07. The maximum Gasteiger partial charge on any atom is 0.416 e. The molecule has 1 aliphatic rings. The molecule has 3 nitrogen and oxygen atoms in total. The van der Waals surface area contributed by atoms with Crippen LogP contribution in [0.3, 0.4) is 0 Å². The van der Waals surface area contributed by atoms with Gasteiger partial charge in [0.2, 0.25) is 5.54 Å². The Balaban J connectivity index is 2.65. The highest BCUT2D eigenvalue weighted by Gasteiger charge is 2.55. The second-order valence-electron chi connectivity index (χ2n) is 5.64. The predicted octanol–water partition coefficient (Wildman–Crippen LogP) is 2.63. The van der Waals surface area contributed by atoms with E-state index < -0.39 is 23.8 Å². The number of ether oxygens (including phenoxy) is 1. The lowest BCUT2D eigenvalue weighted by molar-refractivity contribution is -0.206. The molecule has 2 N–H and O–H groups in total. The van der Waals surface area contributed by atoms with Crippen molar-refractivity contribution in [1.82, 2.24) is 0 Å². The third kappa shape index (κ3) is 3.37. The molecule has 0 aromatic rings. The SMILES string of the molecule is CC1CC(C)CC(OC(=O)C(C)(N)C(F)(F)F)C1. The Morgan fingerprint density at radius 2 is 1.61 bits per heavy atom. The Kier molecular flexibility index (Phi) is 4.30. The largest absolute Gasteiger partial charge is 0.461 e. The highest BCUT2D eigenvalue weighted by Crippen LogP contribution is 2.33. The Labute approximate surface area is 105 Å². The number of esters is 1. The number of halogens is 3. The smallest absolute Gasteiger partial charge is 0.416 e. The average molecular weight is 267 g/mol. The van der Waals surface area contributed by atoms with Crippen LogP contribution in [-0.4, -0.2) is 23.8 Å². The summed E-state index contributed by atoms with van der Waals surface area (Å²) in [6.07, 6.45) is -3.04. The fourth-order valence-electron chi connectivity index (χ4n) is 2.36. The summed E-state index contributed by atoms with van der Waals surface area (Å²) in [5.74, 6) is -0.691. The molecule has 1 saturated carbocycles. The third-order valence-electron chi connectivity index (χ3n) is 3.42. The zero-order valence-corrected chi connectivity index (χ0v) is 10.9. The van der Waals surface area contributed by atoms with Gasteiger partial charge in [0, 0.05) is 0 Å². The number of hydrogen-bond acceptors (Lipinski definition) is 3. The maximum atomic E-state index is 12.6. The first-order chi connectivity index (χ1) is 8.04. The molecule has 0 aromatic heterocycles. The molecule has 1 rings (SSSR count). The van der Waals surface area contributed by atoms with E-state index in [1.165, 1.54) is 0 Å². The Morgan fingerprint density at radius 3 is 2.00 bits per heavy atom. The molecule has 0 spiro atoms. The molecule has 6 heteroatoms. The van der Waals surface area contributed by atoms with Gasteiger partial charge in [-0.05, 0) is 38.0 Å². The van der Waals surface area contributed by atoms with Crippen LogP contribution in [-0.2, 0) is 9.53 Å². The van der Waals surface area contributed by atoms with Gasteiger partial charge in [0.1, 0.15) is 6.10 Å². The fourth-order valence-corrected chi connectivity index (χ4v) is 2.36. The first-order valence-corrected chi connectivity index (χ1v) is 6.10. The number of carbonyl (C=O) groups is 1. The lowest BCUT2D eigenvalue weighted by Gasteiger charge is -2.33. The number of nitrogens with two attached hydrogens (primary N) is 1. The zero-order valence-electron chi connectivity index (χ0n) is 10.9. The van der Waals surface area contributed by atoms with Crippen LogP contribution in [0, 0.1) is 11.8 Å². The molecule has 0 aliphatic heterocycles. The van der Waals surface area contributed by atoms with E-state index in [1.807, 2.05) is 13.8 Å². The van der Waals surface area contributed by atoms with Gasteiger partial charge in [-0.1, -0.05) is 13.8 Å². The molecule has 0 heterocycles. The molecule has 0 bridgehead atoms. The molecular weight excluding hydrogens is 247 g/mol. The minimum absolute atomic E-state index is 0.349. The molecule has 1 aliphatic carbocycles. The number of hydrogen-bond donors (Lipinski definition) is 1. The van der Waals surface area contributed by atoms with Crippen molar-refractivity contribution < 1.29 is 22.7 Å². The molecular formula is C12H20F3NO2. The van der Waals surface area contributed by atoms with Crippen LogP contribution in [0.2, 0.25) is 0 Å². The standard InChI is InChI=1S/C12H20F3NO2/c1-7-4-8(2)6-9(5-7)18-10(17)11(3,16)12(13,14)15/h7-9H,4-6,16H2,1-3H3. The van der Waals surface area contributed by atoms with E-state index in [-0.39, 0.29) is 0 Å². The summed E-state index contributed by atoms with van der Waals surface area (Å²) in [6, 6.07) is 0. The van der Waals surface area contributed by atoms with E-state index in [9.17, 15) is 18.0 Å². The summed E-state index contributed by atoms with van der Waals surface area (Å²) in [7, 11) is 0. The van der Waals surface area contributed by atoms with E-state index in [2.05, 4.69) is 0 Å². The van der Waals surface area contributed by atoms with E-state index in [0.29, 0.717) is 31.6 Å². The van der Waals surface area contributed by atoms with Crippen LogP contribution in [0.25, 0.3) is 0 Å². The average Bonchev–Trinajstić information content (AvgIpc) is 2.13. The topological polar surface area (TPSA) is 52.3 Å². The van der Waals surface area contributed by atoms with Crippen LogP contribution in [0.4, 0.5) is 13.2 Å². The van der Waals surface area contributed by atoms with Gasteiger partial charge in [0.05, 0.1) is 0 Å². The first kappa shape index (κ1) is 15.3. The van der Waals surface area contributed by atoms with Gasteiger partial charge in [-0.2, -0.15) is 13.2 Å². The predicted molar refractivity (Wildman–Crippen MR) is 60.7 cm³/mol. The molecule has 3 atom stereocenters. The molecule has 0 radical (unpaired) electrons. The zero-order chi connectivity index (χ0) is 14.1. The highest BCUT2D eigenvalue weighted by atomic mass is 19.4. The van der Waals surface area contributed by atoms with Crippen molar-refractivity contribution in [2.75, 3.05) is 0 Å². The summed E-state index contributed by atoms with van der Waals surface area (Å²) in [5.41, 5.74) is 2.09. The molecule has 0 amide bonds. The van der Waals surface area contributed by atoms with E-state index in [0.717, 1.165) is 6.42 Å². The summed E-state index contributed by atoms with van der Waals surface area (Å²) >= 11 is 0. The van der Waals surface area contributed by atoms with Gasteiger partial charge < -0.3 is 10.5 Å².